The molecule has 1 aromatic heterocycles. The van der Waals surface area contributed by atoms with Crippen molar-refractivity contribution in [3.8, 4) is 0 Å². The van der Waals surface area contributed by atoms with E-state index in [1.165, 1.54) is 60.3 Å². The zero-order chi connectivity index (χ0) is 19.6. The number of carbonyl (C=O) groups is 1. The fraction of sp³-hybridized carbons (Fsp3) is 0.158. The van der Waals surface area contributed by atoms with E-state index in [1.807, 2.05) is 0 Å². The van der Waals surface area contributed by atoms with E-state index in [2.05, 4.69) is 9.84 Å². The zero-order valence-corrected chi connectivity index (χ0v) is 14.9. The second kappa shape index (κ2) is 7.84. The Labute approximate surface area is 157 Å². The lowest BCUT2D eigenvalue weighted by atomic mass is 10.1. The summed E-state index contributed by atoms with van der Waals surface area (Å²) in [5.41, 5.74) is 0.899. The summed E-state index contributed by atoms with van der Waals surface area (Å²) < 4.78 is 46.3. The van der Waals surface area contributed by atoms with Crippen LogP contribution in [-0.2, 0) is 16.1 Å². The van der Waals surface area contributed by atoms with Crippen LogP contribution in [0.1, 0.15) is 23.2 Å². The number of halogens is 4. The molecule has 0 atom stereocenters. The Bertz CT molecular complexity index is 1030. The number of nitrogens with zero attached hydrogens (tertiary/aromatic N) is 2. The zero-order valence-electron chi connectivity index (χ0n) is 14.1. The van der Waals surface area contributed by atoms with E-state index >= 15 is 0 Å². The molecule has 27 heavy (non-hydrogen) atoms. The van der Waals surface area contributed by atoms with E-state index in [4.69, 9.17) is 11.6 Å². The van der Waals surface area contributed by atoms with Crippen LogP contribution in [-0.4, -0.2) is 22.9 Å². The van der Waals surface area contributed by atoms with Gasteiger partial charge < -0.3 is 4.74 Å². The third-order valence-corrected chi connectivity index (χ3v) is 4.21. The monoisotopic (exact) mass is 394 g/mol. The number of esters is 1. The molecular weight excluding hydrogens is 381 g/mol. The van der Waals surface area contributed by atoms with Gasteiger partial charge >= 0.3 is 5.97 Å². The first-order chi connectivity index (χ1) is 12.9. The van der Waals surface area contributed by atoms with E-state index in [-0.39, 0.29) is 17.1 Å². The molecule has 0 unspecified atom stereocenters. The molecule has 4 nitrogen and oxygen atoms in total. The molecule has 0 aliphatic heterocycles. The number of alkyl halides is 2. The molecule has 8 heteroatoms. The molecule has 0 N–H and O–H groups in total. The minimum Gasteiger partial charge on any atom is -0.466 e. The molecule has 3 rings (SSSR count). The molecule has 0 saturated heterocycles. The Kier molecular flexibility index (Phi) is 5.51. The van der Waals surface area contributed by atoms with Crippen molar-refractivity contribution >= 4 is 34.5 Å². The van der Waals surface area contributed by atoms with Gasteiger partial charge in [-0.1, -0.05) is 29.8 Å². The molecule has 0 aliphatic rings. The molecule has 1 heterocycles. The van der Waals surface area contributed by atoms with Crippen molar-refractivity contribution in [2.45, 2.75) is 13.0 Å². The van der Waals surface area contributed by atoms with Gasteiger partial charge in [-0.2, -0.15) is 5.10 Å². The molecule has 0 amide bonds. The maximum absolute atomic E-state index is 14.1. The molecule has 0 bridgehead atoms. The fourth-order valence-corrected chi connectivity index (χ4v) is 2.78. The Morgan fingerprint density at radius 1 is 1.30 bits per heavy atom. The van der Waals surface area contributed by atoms with Crippen molar-refractivity contribution in [1.82, 2.24) is 9.78 Å². The summed E-state index contributed by atoms with van der Waals surface area (Å²) in [6.45, 7) is 0.0122. The molecule has 0 radical (unpaired) electrons. The predicted molar refractivity (Wildman–Crippen MR) is 96.3 cm³/mol. The Hall–Kier alpha value is -2.80. The highest BCUT2D eigenvalue weighted by Gasteiger charge is 2.15. The normalized spacial score (nSPS) is 11.6. The average Bonchev–Trinajstić information content (AvgIpc) is 2.99. The number of rotatable bonds is 5. The molecule has 0 fully saturated rings. The summed E-state index contributed by atoms with van der Waals surface area (Å²) >= 11 is 5.76. The van der Waals surface area contributed by atoms with Crippen LogP contribution >= 0.6 is 11.6 Å². The van der Waals surface area contributed by atoms with Crippen molar-refractivity contribution in [2.24, 2.45) is 0 Å². The number of hydrogen-bond donors (Lipinski definition) is 0. The lowest BCUT2D eigenvalue weighted by molar-refractivity contribution is -0.134. The van der Waals surface area contributed by atoms with Crippen molar-refractivity contribution in [2.75, 3.05) is 7.11 Å². The third-order valence-electron chi connectivity index (χ3n) is 3.97. The number of methoxy groups -OCH3 is 1. The number of aromatic nitrogens is 2. The molecule has 0 spiro atoms. The van der Waals surface area contributed by atoms with Crippen LogP contribution in [0.2, 0.25) is 5.02 Å². The molecule has 0 aliphatic carbocycles. The van der Waals surface area contributed by atoms with Gasteiger partial charge in [0.25, 0.3) is 6.43 Å². The third kappa shape index (κ3) is 4.14. The molecule has 140 valence electrons. The topological polar surface area (TPSA) is 44.1 Å². The number of ether oxygens (including phenoxy) is 1. The van der Waals surface area contributed by atoms with Crippen molar-refractivity contribution in [3.63, 3.8) is 0 Å². The largest absolute Gasteiger partial charge is 0.466 e. The predicted octanol–water partition coefficient (Wildman–Crippen LogP) is 5.00. The van der Waals surface area contributed by atoms with E-state index in [0.29, 0.717) is 22.2 Å². The first-order valence-electron chi connectivity index (χ1n) is 7.87. The SMILES string of the molecule is COC(=O)/C=C/c1nn(Cc2ccc(Cl)cc2F)c2cc(C(F)F)ccc12. The van der Waals surface area contributed by atoms with Crippen molar-refractivity contribution in [1.29, 1.82) is 0 Å². The van der Waals surface area contributed by atoms with E-state index in [1.54, 1.807) is 0 Å². The Morgan fingerprint density at radius 2 is 2.07 bits per heavy atom. The van der Waals surface area contributed by atoms with Crippen LogP contribution in [0.25, 0.3) is 17.0 Å². The van der Waals surface area contributed by atoms with Crippen molar-refractivity contribution < 1.29 is 22.7 Å². The Balaban J connectivity index is 2.10. The van der Waals surface area contributed by atoms with Crippen LogP contribution in [0.3, 0.4) is 0 Å². The maximum atomic E-state index is 14.1. The first-order valence-corrected chi connectivity index (χ1v) is 8.25. The van der Waals surface area contributed by atoms with Gasteiger partial charge in [-0.3, -0.25) is 4.68 Å². The van der Waals surface area contributed by atoms with Crippen LogP contribution < -0.4 is 0 Å². The van der Waals surface area contributed by atoms with Crippen molar-refractivity contribution in [3.05, 3.63) is 70.1 Å². The van der Waals surface area contributed by atoms with Gasteiger partial charge in [0, 0.05) is 27.6 Å². The Morgan fingerprint density at radius 3 is 2.74 bits per heavy atom. The second-order valence-electron chi connectivity index (χ2n) is 5.71. The van der Waals surface area contributed by atoms with Crippen LogP contribution in [0.4, 0.5) is 13.2 Å². The lowest BCUT2D eigenvalue weighted by Gasteiger charge is -2.07. The summed E-state index contributed by atoms with van der Waals surface area (Å²) in [6.07, 6.45) is -0.0555. The van der Waals surface area contributed by atoms with Gasteiger partial charge in [-0.15, -0.1) is 0 Å². The van der Waals surface area contributed by atoms with E-state index in [0.717, 1.165) is 0 Å². The first kappa shape index (κ1) is 19.0. The maximum Gasteiger partial charge on any atom is 0.330 e. The van der Waals surface area contributed by atoms with Gasteiger partial charge in [-0.05, 0) is 24.3 Å². The summed E-state index contributed by atoms with van der Waals surface area (Å²) in [7, 11) is 1.24. The van der Waals surface area contributed by atoms with Gasteiger partial charge in [0.15, 0.2) is 0 Å². The minimum absolute atomic E-state index is 0.0122. The van der Waals surface area contributed by atoms with Crippen LogP contribution in [0.15, 0.2) is 42.5 Å². The summed E-state index contributed by atoms with van der Waals surface area (Å²) in [4.78, 5) is 11.3. The lowest BCUT2D eigenvalue weighted by Crippen LogP contribution is -2.04. The number of carbonyl (C=O) groups excluding carboxylic acids is 1. The van der Waals surface area contributed by atoms with Crippen LogP contribution in [0.5, 0.6) is 0 Å². The summed E-state index contributed by atoms with van der Waals surface area (Å²) in [5.74, 6) is -1.10. The van der Waals surface area contributed by atoms with Crippen LogP contribution in [0, 0.1) is 5.82 Å². The average molecular weight is 395 g/mol. The molecule has 2 aromatic carbocycles. The fourth-order valence-electron chi connectivity index (χ4n) is 2.62. The van der Waals surface area contributed by atoms with Gasteiger partial charge in [0.2, 0.25) is 0 Å². The van der Waals surface area contributed by atoms with Gasteiger partial charge in [0.05, 0.1) is 24.9 Å². The van der Waals surface area contributed by atoms with Gasteiger partial charge in [-0.25, -0.2) is 18.0 Å². The highest BCUT2D eigenvalue weighted by Crippen LogP contribution is 2.27. The number of fused-ring (bicyclic) bond motifs is 1. The summed E-state index contributed by atoms with van der Waals surface area (Å²) in [6, 6.07) is 8.30. The van der Waals surface area contributed by atoms with Gasteiger partial charge in [0.1, 0.15) is 5.82 Å². The quantitative estimate of drug-likeness (QED) is 0.452. The van der Waals surface area contributed by atoms with E-state index in [9.17, 15) is 18.0 Å². The second-order valence-corrected chi connectivity index (χ2v) is 6.15. The molecule has 0 saturated carbocycles. The number of benzene rings is 2. The highest BCUT2D eigenvalue weighted by molar-refractivity contribution is 6.30. The molecular formula is C19H14ClF3N2O2. The van der Waals surface area contributed by atoms with E-state index < -0.39 is 18.2 Å². The number of hydrogen-bond acceptors (Lipinski definition) is 3. The minimum atomic E-state index is -2.65. The smallest absolute Gasteiger partial charge is 0.330 e. The highest BCUT2D eigenvalue weighted by atomic mass is 35.5. The summed E-state index contributed by atoms with van der Waals surface area (Å²) in [5, 5.41) is 5.14. The standard InChI is InChI=1S/C19H14ClF3N2O2/c1-27-18(26)7-6-16-14-5-3-11(19(22)23)8-17(14)25(24-16)10-12-2-4-13(20)9-15(12)21/h2-9,19H,10H2,1H3/b7-6+. The molecule has 3 aromatic rings.